The van der Waals surface area contributed by atoms with Crippen LogP contribution in [-0.2, 0) is 0 Å². The molecule has 0 radical (unpaired) electrons. The average molecular weight is 162 g/mol. The van der Waals surface area contributed by atoms with Gasteiger partial charge in [0.1, 0.15) is 0 Å². The van der Waals surface area contributed by atoms with Crippen LogP contribution in [0.15, 0.2) is 23.8 Å². The van der Waals surface area contributed by atoms with Crippen LogP contribution in [0.3, 0.4) is 0 Å². The van der Waals surface area contributed by atoms with Crippen molar-refractivity contribution in [3.05, 3.63) is 23.8 Å². The highest BCUT2D eigenvalue weighted by molar-refractivity contribution is 5.25. The Labute approximate surface area is 75.4 Å². The minimum atomic E-state index is 0.868. The largest absolute Gasteiger partial charge is 0.0839 e. The molecule has 66 valence electrons. The zero-order valence-corrected chi connectivity index (χ0v) is 8.09. The van der Waals surface area contributed by atoms with Crippen LogP contribution in [-0.4, -0.2) is 0 Å². The monoisotopic (exact) mass is 162 g/mol. The molecule has 0 spiro atoms. The molecule has 1 fully saturated rings. The summed E-state index contributed by atoms with van der Waals surface area (Å²) in [5.41, 5.74) is 1.72. The van der Waals surface area contributed by atoms with Crippen molar-refractivity contribution in [1.82, 2.24) is 0 Å². The van der Waals surface area contributed by atoms with Crippen molar-refractivity contribution in [1.29, 1.82) is 0 Å². The first kappa shape index (κ1) is 8.10. The molecule has 2 aliphatic rings. The summed E-state index contributed by atoms with van der Waals surface area (Å²) in [6.45, 7) is 4.73. The van der Waals surface area contributed by atoms with Gasteiger partial charge in [-0.2, -0.15) is 0 Å². The second-order valence-corrected chi connectivity index (χ2v) is 4.46. The molecule has 0 amide bonds. The first-order valence-corrected chi connectivity index (χ1v) is 5.14. The first-order chi connectivity index (χ1) is 5.79. The van der Waals surface area contributed by atoms with E-state index in [1.165, 1.54) is 19.3 Å². The lowest BCUT2D eigenvalue weighted by Crippen LogP contribution is -2.15. The summed E-state index contributed by atoms with van der Waals surface area (Å²) < 4.78 is 0. The van der Waals surface area contributed by atoms with E-state index in [-0.39, 0.29) is 0 Å². The molecule has 2 atom stereocenters. The Hall–Kier alpha value is -0.520. The van der Waals surface area contributed by atoms with Crippen LogP contribution >= 0.6 is 0 Å². The molecular weight excluding hydrogens is 144 g/mol. The summed E-state index contributed by atoms with van der Waals surface area (Å²) in [6, 6.07) is 0. The molecule has 0 bridgehead atoms. The molecule has 2 unspecified atom stereocenters. The van der Waals surface area contributed by atoms with Crippen molar-refractivity contribution < 1.29 is 0 Å². The van der Waals surface area contributed by atoms with E-state index in [1.54, 1.807) is 5.57 Å². The lowest BCUT2D eigenvalue weighted by Gasteiger charge is -2.24. The Morgan fingerprint density at radius 1 is 1.42 bits per heavy atom. The quantitative estimate of drug-likeness (QED) is 0.553. The number of hydrogen-bond donors (Lipinski definition) is 0. The molecule has 0 N–H and O–H groups in total. The van der Waals surface area contributed by atoms with E-state index in [2.05, 4.69) is 32.1 Å². The van der Waals surface area contributed by atoms with Gasteiger partial charge in [-0.3, -0.25) is 0 Å². The fourth-order valence-electron chi connectivity index (χ4n) is 2.74. The Bertz CT molecular complexity index is 220. The number of allylic oxidation sites excluding steroid dienone is 4. The molecular formula is C12H18. The zero-order chi connectivity index (χ0) is 8.55. The molecule has 0 heterocycles. The Morgan fingerprint density at radius 2 is 2.25 bits per heavy atom. The highest BCUT2D eigenvalue weighted by Gasteiger charge is 2.32. The topological polar surface area (TPSA) is 0 Å². The third kappa shape index (κ3) is 1.24. The van der Waals surface area contributed by atoms with E-state index in [0.717, 1.165) is 17.8 Å². The van der Waals surface area contributed by atoms with Gasteiger partial charge in [0.25, 0.3) is 0 Å². The smallest absolute Gasteiger partial charge is 0.0135 e. The molecule has 0 heteroatoms. The van der Waals surface area contributed by atoms with Gasteiger partial charge in [-0.1, -0.05) is 37.6 Å². The molecule has 0 nitrogen and oxygen atoms in total. The number of rotatable bonds is 1. The predicted octanol–water partition coefficient (Wildman–Crippen LogP) is 3.55. The summed E-state index contributed by atoms with van der Waals surface area (Å²) in [6.07, 6.45) is 11.0. The van der Waals surface area contributed by atoms with E-state index >= 15 is 0 Å². The van der Waals surface area contributed by atoms with Crippen LogP contribution in [0, 0.1) is 17.8 Å². The summed E-state index contributed by atoms with van der Waals surface area (Å²) >= 11 is 0. The van der Waals surface area contributed by atoms with E-state index < -0.39 is 0 Å². The van der Waals surface area contributed by atoms with E-state index in [9.17, 15) is 0 Å². The van der Waals surface area contributed by atoms with Crippen LogP contribution in [0.4, 0.5) is 0 Å². The van der Waals surface area contributed by atoms with Crippen LogP contribution in [0.25, 0.3) is 0 Å². The SMILES string of the molecule is CC(C)C1CCC2=CC=CCC21. The van der Waals surface area contributed by atoms with Gasteiger partial charge in [-0.15, -0.1) is 0 Å². The Morgan fingerprint density at radius 3 is 3.00 bits per heavy atom. The van der Waals surface area contributed by atoms with Crippen LogP contribution in [0.5, 0.6) is 0 Å². The maximum Gasteiger partial charge on any atom is -0.0135 e. The Kier molecular flexibility index (Phi) is 2.08. The average Bonchev–Trinajstić information content (AvgIpc) is 2.47. The minimum Gasteiger partial charge on any atom is -0.0839 e. The van der Waals surface area contributed by atoms with Gasteiger partial charge < -0.3 is 0 Å². The van der Waals surface area contributed by atoms with E-state index in [1.807, 2.05) is 0 Å². The maximum absolute atomic E-state index is 2.37. The van der Waals surface area contributed by atoms with Crippen LogP contribution in [0.1, 0.15) is 33.1 Å². The van der Waals surface area contributed by atoms with Crippen LogP contribution < -0.4 is 0 Å². The molecule has 2 rings (SSSR count). The fourth-order valence-corrected chi connectivity index (χ4v) is 2.74. The molecule has 12 heavy (non-hydrogen) atoms. The van der Waals surface area contributed by atoms with Crippen molar-refractivity contribution in [2.75, 3.05) is 0 Å². The lowest BCUT2D eigenvalue weighted by atomic mass is 9.81. The highest BCUT2D eigenvalue weighted by Crippen LogP contribution is 2.44. The molecule has 0 aromatic heterocycles. The van der Waals surface area contributed by atoms with Gasteiger partial charge in [0.2, 0.25) is 0 Å². The first-order valence-electron chi connectivity index (χ1n) is 5.14. The van der Waals surface area contributed by atoms with Crippen molar-refractivity contribution in [3.63, 3.8) is 0 Å². The van der Waals surface area contributed by atoms with Gasteiger partial charge >= 0.3 is 0 Å². The van der Waals surface area contributed by atoms with Crippen LogP contribution in [0.2, 0.25) is 0 Å². The number of hydrogen-bond acceptors (Lipinski definition) is 0. The van der Waals surface area contributed by atoms with E-state index in [0.29, 0.717) is 0 Å². The molecule has 0 saturated heterocycles. The zero-order valence-electron chi connectivity index (χ0n) is 8.09. The molecule has 0 aliphatic heterocycles. The summed E-state index contributed by atoms with van der Waals surface area (Å²) in [5, 5.41) is 0. The van der Waals surface area contributed by atoms with Gasteiger partial charge in [-0.25, -0.2) is 0 Å². The number of fused-ring (bicyclic) bond motifs is 1. The van der Waals surface area contributed by atoms with Crippen molar-refractivity contribution >= 4 is 0 Å². The lowest BCUT2D eigenvalue weighted by molar-refractivity contribution is 0.316. The summed E-state index contributed by atoms with van der Waals surface area (Å²) in [4.78, 5) is 0. The van der Waals surface area contributed by atoms with Crippen molar-refractivity contribution in [2.24, 2.45) is 17.8 Å². The molecule has 2 aliphatic carbocycles. The summed E-state index contributed by atoms with van der Waals surface area (Å²) in [7, 11) is 0. The second-order valence-electron chi connectivity index (χ2n) is 4.46. The standard InChI is InChI=1S/C12H18/c1-9(2)11-8-7-10-5-3-4-6-12(10)11/h3-5,9,11-12H,6-8H2,1-2H3. The van der Waals surface area contributed by atoms with Crippen molar-refractivity contribution in [3.8, 4) is 0 Å². The normalized spacial score (nSPS) is 33.8. The summed E-state index contributed by atoms with van der Waals surface area (Å²) in [5.74, 6) is 2.73. The molecule has 0 aromatic rings. The predicted molar refractivity (Wildman–Crippen MR) is 52.9 cm³/mol. The highest BCUT2D eigenvalue weighted by atomic mass is 14.4. The fraction of sp³-hybridized carbons (Fsp3) is 0.667. The maximum atomic E-state index is 2.37. The van der Waals surface area contributed by atoms with Gasteiger partial charge in [0.05, 0.1) is 0 Å². The third-order valence-electron chi connectivity index (χ3n) is 3.45. The second kappa shape index (κ2) is 3.08. The minimum absolute atomic E-state index is 0.868. The third-order valence-corrected chi connectivity index (χ3v) is 3.45. The molecule has 1 saturated carbocycles. The Balaban J connectivity index is 2.15. The van der Waals surface area contributed by atoms with Crippen molar-refractivity contribution in [2.45, 2.75) is 33.1 Å². The van der Waals surface area contributed by atoms with Gasteiger partial charge in [-0.05, 0) is 37.0 Å². The van der Waals surface area contributed by atoms with E-state index in [4.69, 9.17) is 0 Å². The van der Waals surface area contributed by atoms with Gasteiger partial charge in [0.15, 0.2) is 0 Å². The molecule has 0 aromatic carbocycles. The van der Waals surface area contributed by atoms with Gasteiger partial charge in [0, 0.05) is 0 Å².